The number of hydrogen-bond donors (Lipinski definition) is 2. The van der Waals surface area contributed by atoms with Crippen molar-refractivity contribution in [1.29, 1.82) is 0 Å². The van der Waals surface area contributed by atoms with Gasteiger partial charge < -0.3 is 24.8 Å². The third-order valence-corrected chi connectivity index (χ3v) is 6.90. The minimum absolute atomic E-state index is 0.0688. The molecule has 4 aromatic rings. The molecule has 0 saturated carbocycles. The fourth-order valence-corrected chi connectivity index (χ4v) is 4.76. The van der Waals surface area contributed by atoms with Gasteiger partial charge in [0.2, 0.25) is 11.7 Å². The highest BCUT2D eigenvalue weighted by Crippen LogP contribution is 2.40. The van der Waals surface area contributed by atoms with Gasteiger partial charge in [0.05, 0.1) is 38.2 Å². The van der Waals surface area contributed by atoms with Crippen LogP contribution < -0.4 is 24.8 Å². The summed E-state index contributed by atoms with van der Waals surface area (Å²) in [6, 6.07) is 13.0. The number of pyridine rings is 1. The summed E-state index contributed by atoms with van der Waals surface area (Å²) >= 11 is 0. The molecule has 0 bridgehead atoms. The van der Waals surface area contributed by atoms with Crippen LogP contribution in [0.1, 0.15) is 5.56 Å². The minimum Gasteiger partial charge on any atom is -0.493 e. The van der Waals surface area contributed by atoms with Gasteiger partial charge >= 0.3 is 0 Å². The molecule has 2 aromatic carbocycles. The standard InChI is InChI=1S/C25H24FN5O5S/c1-34-21-11-18(12-22(35-2)23(21)36-3)30-25-28-14-20(26)24(31-25)29-17-8-6-16(7-9-17)15-37(32,33)19-5-4-10-27-13-19/h4-14H,15H2,1-3H3,(H2,28,29,30,31). The van der Waals surface area contributed by atoms with Gasteiger partial charge in [-0.25, -0.2) is 17.8 Å². The van der Waals surface area contributed by atoms with Crippen molar-refractivity contribution in [2.45, 2.75) is 10.6 Å². The highest BCUT2D eigenvalue weighted by molar-refractivity contribution is 7.90. The fourth-order valence-electron chi connectivity index (χ4n) is 3.45. The molecule has 0 spiro atoms. The summed E-state index contributed by atoms with van der Waals surface area (Å²) in [5.41, 5.74) is 1.62. The zero-order chi connectivity index (χ0) is 26.4. The van der Waals surface area contributed by atoms with E-state index in [2.05, 4.69) is 25.6 Å². The van der Waals surface area contributed by atoms with Gasteiger partial charge in [0.15, 0.2) is 33.0 Å². The van der Waals surface area contributed by atoms with Crippen molar-refractivity contribution in [3.63, 3.8) is 0 Å². The molecule has 0 saturated heterocycles. The molecule has 2 N–H and O–H groups in total. The molecule has 192 valence electrons. The molecule has 2 heterocycles. The molecule has 10 nitrogen and oxygen atoms in total. The zero-order valence-corrected chi connectivity index (χ0v) is 21.0. The maximum absolute atomic E-state index is 14.5. The lowest BCUT2D eigenvalue weighted by molar-refractivity contribution is 0.324. The molecule has 4 rings (SSSR count). The second-order valence-corrected chi connectivity index (χ2v) is 9.69. The van der Waals surface area contributed by atoms with Gasteiger partial charge in [-0.1, -0.05) is 12.1 Å². The van der Waals surface area contributed by atoms with Crippen LogP contribution in [0.3, 0.4) is 0 Å². The molecule has 0 radical (unpaired) electrons. The number of benzene rings is 2. The van der Waals surface area contributed by atoms with E-state index in [1.807, 2.05) is 0 Å². The number of nitrogens with zero attached hydrogens (tertiary/aromatic N) is 3. The number of aromatic nitrogens is 3. The Labute approximate surface area is 213 Å². The summed E-state index contributed by atoms with van der Waals surface area (Å²) in [7, 11) is 0.956. The predicted octanol–water partition coefficient (Wildman–Crippen LogP) is 4.50. The second-order valence-electron chi connectivity index (χ2n) is 7.70. The van der Waals surface area contributed by atoms with Crippen LogP contribution in [0.2, 0.25) is 0 Å². The normalized spacial score (nSPS) is 11.0. The van der Waals surface area contributed by atoms with Gasteiger partial charge in [0.25, 0.3) is 0 Å². The van der Waals surface area contributed by atoms with E-state index in [-0.39, 0.29) is 22.4 Å². The lowest BCUT2D eigenvalue weighted by Crippen LogP contribution is -2.06. The number of halogens is 1. The molecule has 2 aromatic heterocycles. The van der Waals surface area contributed by atoms with Gasteiger partial charge in [-0.3, -0.25) is 4.98 Å². The Hall–Kier alpha value is -4.45. The SMILES string of the molecule is COc1cc(Nc2ncc(F)c(Nc3ccc(CS(=O)(=O)c4cccnc4)cc3)n2)cc(OC)c1OC. The van der Waals surface area contributed by atoms with Crippen molar-refractivity contribution in [2.24, 2.45) is 0 Å². The van der Waals surface area contributed by atoms with Crippen LogP contribution in [-0.2, 0) is 15.6 Å². The van der Waals surface area contributed by atoms with Gasteiger partial charge in [-0.2, -0.15) is 4.98 Å². The van der Waals surface area contributed by atoms with Crippen molar-refractivity contribution < 1.29 is 27.0 Å². The topological polar surface area (TPSA) is 125 Å². The van der Waals surface area contributed by atoms with E-state index in [0.717, 1.165) is 6.20 Å². The van der Waals surface area contributed by atoms with Crippen LogP contribution in [0.4, 0.5) is 27.5 Å². The van der Waals surface area contributed by atoms with Crippen molar-refractivity contribution in [1.82, 2.24) is 15.0 Å². The Balaban J connectivity index is 1.50. The Morgan fingerprint density at radius 3 is 2.19 bits per heavy atom. The summed E-state index contributed by atoms with van der Waals surface area (Å²) in [6.45, 7) is 0. The Morgan fingerprint density at radius 2 is 1.59 bits per heavy atom. The lowest BCUT2D eigenvalue weighted by Gasteiger charge is -2.15. The molecule has 0 aliphatic rings. The summed E-state index contributed by atoms with van der Waals surface area (Å²) in [6.07, 6.45) is 3.86. The van der Waals surface area contributed by atoms with Crippen LogP contribution in [-0.4, -0.2) is 44.7 Å². The van der Waals surface area contributed by atoms with Crippen LogP contribution >= 0.6 is 0 Å². The molecule has 0 amide bonds. The molecular weight excluding hydrogens is 501 g/mol. The number of ether oxygens (including phenoxy) is 3. The van der Waals surface area contributed by atoms with E-state index in [1.165, 1.54) is 39.8 Å². The minimum atomic E-state index is -3.54. The van der Waals surface area contributed by atoms with Gasteiger partial charge in [-0.15, -0.1) is 0 Å². The molecule has 0 aliphatic heterocycles. The molecule has 12 heteroatoms. The molecule has 0 unspecified atom stereocenters. The van der Waals surface area contributed by atoms with Crippen LogP contribution in [0.15, 0.2) is 72.0 Å². The van der Waals surface area contributed by atoms with Crippen molar-refractivity contribution >= 4 is 33.0 Å². The van der Waals surface area contributed by atoms with Gasteiger partial charge in [0.1, 0.15) is 0 Å². The molecule has 0 fully saturated rings. The first-order valence-electron chi connectivity index (χ1n) is 10.9. The Bertz CT molecular complexity index is 1460. The van der Waals surface area contributed by atoms with Crippen LogP contribution in [0, 0.1) is 5.82 Å². The molecule has 0 atom stereocenters. The number of anilines is 4. The van der Waals surface area contributed by atoms with Gasteiger partial charge in [0, 0.05) is 35.9 Å². The quantitative estimate of drug-likeness (QED) is 0.306. The Kier molecular flexibility index (Phi) is 7.68. The zero-order valence-electron chi connectivity index (χ0n) is 20.2. The number of nitrogens with one attached hydrogen (secondary N) is 2. The maximum atomic E-state index is 14.5. The molecular formula is C25H24FN5O5S. The van der Waals surface area contributed by atoms with E-state index < -0.39 is 15.7 Å². The smallest absolute Gasteiger partial charge is 0.229 e. The van der Waals surface area contributed by atoms with Gasteiger partial charge in [-0.05, 0) is 29.8 Å². The van der Waals surface area contributed by atoms with Crippen LogP contribution in [0.25, 0.3) is 0 Å². The third kappa shape index (κ3) is 6.04. The third-order valence-electron chi connectivity index (χ3n) is 5.23. The summed E-state index contributed by atoms with van der Waals surface area (Å²) < 4.78 is 55.6. The van der Waals surface area contributed by atoms with Crippen LogP contribution in [0.5, 0.6) is 17.2 Å². The number of sulfone groups is 1. The second kappa shape index (κ2) is 11.1. The summed E-state index contributed by atoms with van der Waals surface area (Å²) in [5.74, 6) is 0.473. The van der Waals surface area contributed by atoms with E-state index in [4.69, 9.17) is 14.2 Å². The first-order valence-corrected chi connectivity index (χ1v) is 12.6. The average molecular weight is 526 g/mol. The monoisotopic (exact) mass is 525 g/mol. The number of hydrogen-bond acceptors (Lipinski definition) is 10. The van der Waals surface area contributed by atoms with Crippen molar-refractivity contribution in [3.05, 3.63) is 78.5 Å². The first kappa shape index (κ1) is 25.6. The van der Waals surface area contributed by atoms with E-state index in [1.54, 1.807) is 42.5 Å². The summed E-state index contributed by atoms with van der Waals surface area (Å²) in [5, 5.41) is 5.88. The number of rotatable bonds is 10. The fraction of sp³-hybridized carbons (Fsp3) is 0.160. The molecule has 0 aliphatic carbocycles. The summed E-state index contributed by atoms with van der Waals surface area (Å²) in [4.78, 5) is 12.2. The molecule has 37 heavy (non-hydrogen) atoms. The van der Waals surface area contributed by atoms with E-state index >= 15 is 0 Å². The highest BCUT2D eigenvalue weighted by atomic mass is 32.2. The predicted molar refractivity (Wildman–Crippen MR) is 136 cm³/mol. The van der Waals surface area contributed by atoms with Crippen molar-refractivity contribution in [3.8, 4) is 17.2 Å². The lowest BCUT2D eigenvalue weighted by atomic mass is 10.2. The van der Waals surface area contributed by atoms with E-state index in [0.29, 0.717) is 34.2 Å². The van der Waals surface area contributed by atoms with Crippen molar-refractivity contribution in [2.75, 3.05) is 32.0 Å². The van der Waals surface area contributed by atoms with E-state index in [9.17, 15) is 12.8 Å². The highest BCUT2D eigenvalue weighted by Gasteiger charge is 2.17. The largest absolute Gasteiger partial charge is 0.493 e. The first-order chi connectivity index (χ1) is 17.8. The number of methoxy groups -OCH3 is 3. The average Bonchev–Trinajstić information content (AvgIpc) is 2.91. The maximum Gasteiger partial charge on any atom is 0.229 e. The Morgan fingerprint density at radius 1 is 0.892 bits per heavy atom.